The van der Waals surface area contributed by atoms with Crippen molar-refractivity contribution in [3.63, 3.8) is 0 Å². The Morgan fingerprint density at radius 1 is 0.929 bits per heavy atom. The average Bonchev–Trinajstić information content (AvgIpc) is 3.09. The number of aromatic nitrogens is 1. The van der Waals surface area contributed by atoms with Crippen molar-refractivity contribution in [2.75, 3.05) is 0 Å². The number of aryl methyl sites for hydroxylation is 1. The second kappa shape index (κ2) is 10.1. The second-order valence-corrected chi connectivity index (χ2v) is 7.73. The lowest BCUT2D eigenvalue weighted by molar-refractivity contribution is -0.122. The van der Waals surface area contributed by atoms with Gasteiger partial charge in [0.15, 0.2) is 0 Å². The molecule has 0 aliphatic rings. The van der Waals surface area contributed by atoms with E-state index in [0.717, 1.165) is 36.9 Å². The first-order valence-electron chi connectivity index (χ1n) is 10.6. The molecular formula is C25H32N2O. The number of para-hydroxylation sites is 1. The number of benzene rings is 2. The molecule has 0 fully saturated rings. The zero-order valence-electron chi connectivity index (χ0n) is 16.9. The number of nitrogens with one attached hydrogen (secondary N) is 1. The number of carbonyl (C=O) groups excluding carboxylic acids is 1. The fourth-order valence-electron chi connectivity index (χ4n) is 4.05. The van der Waals surface area contributed by atoms with Gasteiger partial charge in [-0.2, -0.15) is 0 Å². The molecule has 2 aromatic carbocycles. The third kappa shape index (κ3) is 5.03. The van der Waals surface area contributed by atoms with Gasteiger partial charge in [-0.1, -0.05) is 87.6 Å². The lowest BCUT2D eigenvalue weighted by Crippen LogP contribution is -2.23. The summed E-state index contributed by atoms with van der Waals surface area (Å²) in [6.07, 6.45) is 8.62. The maximum absolute atomic E-state index is 12.0. The van der Waals surface area contributed by atoms with Gasteiger partial charge in [-0.3, -0.25) is 4.79 Å². The van der Waals surface area contributed by atoms with Crippen LogP contribution in [0.3, 0.4) is 0 Å². The summed E-state index contributed by atoms with van der Waals surface area (Å²) in [7, 11) is 0. The number of H-pyrrole nitrogens is 1. The van der Waals surface area contributed by atoms with E-state index in [1.165, 1.54) is 42.2 Å². The van der Waals surface area contributed by atoms with E-state index in [1.54, 1.807) is 0 Å². The van der Waals surface area contributed by atoms with Crippen molar-refractivity contribution in [1.82, 2.24) is 4.98 Å². The Bertz CT molecular complexity index is 882. The minimum atomic E-state index is -0.156. The maximum atomic E-state index is 12.0. The molecule has 3 rings (SSSR count). The van der Waals surface area contributed by atoms with E-state index < -0.39 is 0 Å². The average molecular weight is 377 g/mol. The van der Waals surface area contributed by atoms with Gasteiger partial charge in [-0.05, 0) is 36.5 Å². The Hall–Kier alpha value is -2.55. The van der Waals surface area contributed by atoms with E-state index in [4.69, 9.17) is 5.73 Å². The molecule has 0 spiro atoms. The van der Waals surface area contributed by atoms with Crippen LogP contribution < -0.4 is 5.73 Å². The highest BCUT2D eigenvalue weighted by molar-refractivity contribution is 5.90. The molecule has 0 radical (unpaired) electrons. The number of primary amides is 1. The van der Waals surface area contributed by atoms with Crippen molar-refractivity contribution < 1.29 is 4.79 Å². The summed E-state index contributed by atoms with van der Waals surface area (Å²) in [5, 5.41) is 1.24. The molecule has 0 saturated heterocycles. The smallest absolute Gasteiger partial charge is 0.220 e. The van der Waals surface area contributed by atoms with Crippen LogP contribution in [-0.2, 0) is 11.2 Å². The van der Waals surface area contributed by atoms with Crippen molar-refractivity contribution in [1.29, 1.82) is 0 Å². The number of unbranched alkanes of at least 4 members (excludes halogenated alkanes) is 4. The van der Waals surface area contributed by atoms with Crippen LogP contribution in [0.4, 0.5) is 0 Å². The van der Waals surface area contributed by atoms with Crippen LogP contribution >= 0.6 is 0 Å². The topological polar surface area (TPSA) is 58.9 Å². The van der Waals surface area contributed by atoms with E-state index >= 15 is 0 Å². The summed E-state index contributed by atoms with van der Waals surface area (Å²) in [5.74, 6) is -0.199. The van der Waals surface area contributed by atoms with Gasteiger partial charge in [-0.25, -0.2) is 0 Å². The summed E-state index contributed by atoms with van der Waals surface area (Å²) < 4.78 is 0. The lowest BCUT2D eigenvalue weighted by Gasteiger charge is -2.14. The number of hydrogen-bond acceptors (Lipinski definition) is 1. The van der Waals surface area contributed by atoms with Crippen LogP contribution in [0.1, 0.15) is 57.4 Å². The van der Waals surface area contributed by atoms with E-state index in [0.29, 0.717) is 0 Å². The van der Waals surface area contributed by atoms with Crippen LogP contribution in [0.2, 0.25) is 0 Å². The molecular weight excluding hydrogens is 344 g/mol. The highest BCUT2D eigenvalue weighted by Crippen LogP contribution is 2.32. The molecule has 3 aromatic rings. The highest BCUT2D eigenvalue weighted by atomic mass is 16.1. The number of rotatable bonds is 11. The zero-order valence-corrected chi connectivity index (χ0v) is 16.9. The first-order chi connectivity index (χ1) is 13.7. The summed E-state index contributed by atoms with van der Waals surface area (Å²) >= 11 is 0. The fourth-order valence-corrected chi connectivity index (χ4v) is 4.05. The Kier molecular flexibility index (Phi) is 7.30. The number of nitrogens with two attached hydrogens (primary N) is 1. The van der Waals surface area contributed by atoms with Crippen molar-refractivity contribution >= 4 is 16.8 Å². The van der Waals surface area contributed by atoms with Gasteiger partial charge in [-0.15, -0.1) is 0 Å². The number of carbonyl (C=O) groups is 1. The molecule has 0 aliphatic carbocycles. The van der Waals surface area contributed by atoms with Crippen molar-refractivity contribution in [2.24, 2.45) is 11.7 Å². The normalized spacial score (nSPS) is 12.3. The third-order valence-electron chi connectivity index (χ3n) is 5.68. The number of fused-ring (bicyclic) bond motifs is 1. The third-order valence-corrected chi connectivity index (χ3v) is 5.68. The number of amides is 1. The molecule has 1 amide bonds. The van der Waals surface area contributed by atoms with Crippen molar-refractivity contribution in [3.05, 3.63) is 60.2 Å². The first-order valence-corrected chi connectivity index (χ1v) is 10.6. The van der Waals surface area contributed by atoms with Gasteiger partial charge in [0.25, 0.3) is 0 Å². The van der Waals surface area contributed by atoms with Gasteiger partial charge < -0.3 is 10.7 Å². The minimum Gasteiger partial charge on any atom is -0.369 e. The van der Waals surface area contributed by atoms with E-state index in [-0.39, 0.29) is 11.8 Å². The van der Waals surface area contributed by atoms with Crippen LogP contribution in [0.15, 0.2) is 54.6 Å². The standard InChI is InChI=1S/C25H32N2O/c1-2-3-4-5-7-14-20(25(26)28)17-18-22-21-15-10-11-16-23(21)27-24(22)19-12-8-6-9-13-19/h6,8-13,15-16,20,27H,2-5,7,14,17-18H2,1H3,(H2,26,28). The fraction of sp³-hybridized carbons (Fsp3) is 0.400. The van der Waals surface area contributed by atoms with Crippen molar-refractivity contribution in [2.45, 2.75) is 58.3 Å². The molecule has 3 N–H and O–H groups in total. The monoisotopic (exact) mass is 376 g/mol. The predicted octanol–water partition coefficient (Wildman–Crippen LogP) is 6.23. The van der Waals surface area contributed by atoms with Crippen LogP contribution in [0, 0.1) is 5.92 Å². The molecule has 1 heterocycles. The van der Waals surface area contributed by atoms with E-state index in [2.05, 4.69) is 60.4 Å². The molecule has 3 heteroatoms. The molecule has 3 nitrogen and oxygen atoms in total. The quantitative estimate of drug-likeness (QED) is 0.383. The number of hydrogen-bond donors (Lipinski definition) is 2. The summed E-state index contributed by atoms with van der Waals surface area (Å²) in [5.41, 5.74) is 10.5. The molecule has 28 heavy (non-hydrogen) atoms. The van der Waals surface area contributed by atoms with Crippen LogP contribution in [0.25, 0.3) is 22.2 Å². The van der Waals surface area contributed by atoms with Crippen molar-refractivity contribution in [3.8, 4) is 11.3 Å². The predicted molar refractivity (Wildman–Crippen MR) is 118 cm³/mol. The van der Waals surface area contributed by atoms with E-state index in [9.17, 15) is 4.79 Å². The Morgan fingerprint density at radius 2 is 1.64 bits per heavy atom. The Morgan fingerprint density at radius 3 is 2.39 bits per heavy atom. The summed E-state index contributed by atoms with van der Waals surface area (Å²) in [6, 6.07) is 18.8. The maximum Gasteiger partial charge on any atom is 0.220 e. The summed E-state index contributed by atoms with van der Waals surface area (Å²) in [6.45, 7) is 2.22. The lowest BCUT2D eigenvalue weighted by atomic mass is 9.91. The van der Waals surface area contributed by atoms with Gasteiger partial charge in [0.1, 0.15) is 0 Å². The zero-order chi connectivity index (χ0) is 19.8. The molecule has 1 aromatic heterocycles. The molecule has 148 valence electrons. The molecule has 1 atom stereocenters. The first kappa shape index (κ1) is 20.2. The van der Waals surface area contributed by atoms with Gasteiger partial charge in [0.2, 0.25) is 5.91 Å². The van der Waals surface area contributed by atoms with E-state index in [1.807, 2.05) is 6.07 Å². The summed E-state index contributed by atoms with van der Waals surface area (Å²) in [4.78, 5) is 15.6. The Labute approximate surface area is 168 Å². The highest BCUT2D eigenvalue weighted by Gasteiger charge is 2.18. The van der Waals surface area contributed by atoms with Crippen LogP contribution in [-0.4, -0.2) is 10.9 Å². The van der Waals surface area contributed by atoms with Gasteiger partial charge in [0, 0.05) is 22.5 Å². The number of aromatic amines is 1. The minimum absolute atomic E-state index is 0.0427. The van der Waals surface area contributed by atoms with Gasteiger partial charge >= 0.3 is 0 Å². The molecule has 0 saturated carbocycles. The second-order valence-electron chi connectivity index (χ2n) is 7.73. The van der Waals surface area contributed by atoms with Crippen LogP contribution in [0.5, 0.6) is 0 Å². The SMILES string of the molecule is CCCCCCCC(CCc1c(-c2ccccc2)[nH]c2ccccc12)C(N)=O. The molecule has 0 bridgehead atoms. The molecule has 1 unspecified atom stereocenters. The Balaban J connectivity index is 1.76. The largest absolute Gasteiger partial charge is 0.369 e. The molecule has 0 aliphatic heterocycles. The van der Waals surface area contributed by atoms with Gasteiger partial charge in [0.05, 0.1) is 0 Å².